The van der Waals surface area contributed by atoms with Crippen LogP contribution in [0.1, 0.15) is 31.3 Å². The molecule has 1 rings (SSSR count). The molecule has 0 radical (unpaired) electrons. The number of aliphatic carboxylic acids is 1. The van der Waals surface area contributed by atoms with Crippen LogP contribution in [0.25, 0.3) is 0 Å². The van der Waals surface area contributed by atoms with Crippen molar-refractivity contribution in [3.05, 3.63) is 35.4 Å². The van der Waals surface area contributed by atoms with Gasteiger partial charge in [0, 0.05) is 19.8 Å². The molecule has 0 aliphatic rings. The summed E-state index contributed by atoms with van der Waals surface area (Å²) in [6.45, 7) is 3.44. The summed E-state index contributed by atoms with van der Waals surface area (Å²) in [5, 5.41) is 9.08. The zero-order valence-corrected chi connectivity index (χ0v) is 11.3. The Morgan fingerprint density at radius 3 is 2.11 bits per heavy atom. The van der Waals surface area contributed by atoms with Gasteiger partial charge in [0.1, 0.15) is 0 Å². The molecule has 0 fully saturated rings. The van der Waals surface area contributed by atoms with Crippen LogP contribution >= 0.6 is 0 Å². The minimum atomic E-state index is -0.793. The zero-order valence-electron chi connectivity index (χ0n) is 11.3. The van der Waals surface area contributed by atoms with Gasteiger partial charge in [-0.2, -0.15) is 0 Å². The van der Waals surface area contributed by atoms with Crippen molar-refractivity contribution in [1.82, 2.24) is 0 Å². The number of rotatable bonds is 6. The molecule has 0 saturated carbocycles. The number of carboxylic acid groups (broad SMARTS) is 1. The molecule has 0 aliphatic carbocycles. The van der Waals surface area contributed by atoms with Gasteiger partial charge in [-0.25, -0.2) is 0 Å². The zero-order chi connectivity index (χ0) is 13.8. The van der Waals surface area contributed by atoms with E-state index in [0.717, 1.165) is 11.1 Å². The van der Waals surface area contributed by atoms with Gasteiger partial charge >= 0.3 is 5.97 Å². The molecule has 0 heterocycles. The Labute approximate surface area is 108 Å². The molecule has 0 spiro atoms. The molecular formula is C14H20O4. The van der Waals surface area contributed by atoms with Crippen LogP contribution in [0.5, 0.6) is 0 Å². The average molecular weight is 252 g/mol. The number of methoxy groups -OCH3 is 2. The fraction of sp³-hybridized carbons (Fsp3) is 0.500. The lowest BCUT2D eigenvalue weighted by Crippen LogP contribution is -2.26. The number of carboxylic acids is 1. The summed E-state index contributed by atoms with van der Waals surface area (Å²) < 4.78 is 10.3. The van der Waals surface area contributed by atoms with E-state index in [-0.39, 0.29) is 6.29 Å². The van der Waals surface area contributed by atoms with Crippen LogP contribution < -0.4 is 0 Å². The summed E-state index contributed by atoms with van der Waals surface area (Å²) in [6, 6.07) is 7.60. The van der Waals surface area contributed by atoms with Gasteiger partial charge in [0.25, 0.3) is 0 Å². The van der Waals surface area contributed by atoms with Gasteiger partial charge < -0.3 is 14.6 Å². The van der Waals surface area contributed by atoms with E-state index in [1.807, 2.05) is 24.3 Å². The lowest BCUT2D eigenvalue weighted by molar-refractivity contribution is -0.146. The van der Waals surface area contributed by atoms with Crippen molar-refractivity contribution in [2.75, 3.05) is 14.2 Å². The topological polar surface area (TPSA) is 55.8 Å². The van der Waals surface area contributed by atoms with Gasteiger partial charge in [0.15, 0.2) is 6.29 Å². The predicted octanol–water partition coefficient (Wildman–Crippen LogP) is 2.63. The molecule has 0 saturated heterocycles. The van der Waals surface area contributed by atoms with E-state index >= 15 is 0 Å². The number of hydrogen-bond donors (Lipinski definition) is 1. The predicted molar refractivity (Wildman–Crippen MR) is 68.3 cm³/mol. The molecule has 0 aromatic heterocycles. The second-order valence-electron chi connectivity index (χ2n) is 4.91. The fourth-order valence-corrected chi connectivity index (χ4v) is 1.75. The first-order chi connectivity index (χ1) is 8.40. The first-order valence-electron chi connectivity index (χ1n) is 5.78. The Kier molecular flexibility index (Phi) is 4.87. The van der Waals surface area contributed by atoms with Crippen LogP contribution in [0, 0.1) is 5.41 Å². The van der Waals surface area contributed by atoms with Crippen LogP contribution in [0.15, 0.2) is 24.3 Å². The molecule has 4 heteroatoms. The summed E-state index contributed by atoms with van der Waals surface area (Å²) >= 11 is 0. The highest BCUT2D eigenvalue weighted by atomic mass is 16.7. The van der Waals surface area contributed by atoms with E-state index < -0.39 is 11.4 Å². The lowest BCUT2D eigenvalue weighted by atomic mass is 9.86. The molecule has 1 aromatic rings. The van der Waals surface area contributed by atoms with E-state index in [0.29, 0.717) is 6.42 Å². The Bertz CT molecular complexity index is 391. The number of hydrogen-bond acceptors (Lipinski definition) is 3. The summed E-state index contributed by atoms with van der Waals surface area (Å²) in [5.41, 5.74) is 1.14. The fourth-order valence-electron chi connectivity index (χ4n) is 1.75. The maximum absolute atomic E-state index is 11.1. The third-order valence-corrected chi connectivity index (χ3v) is 2.91. The summed E-state index contributed by atoms with van der Waals surface area (Å²) in [4.78, 5) is 11.1. The monoisotopic (exact) mass is 252 g/mol. The molecule has 0 atom stereocenters. The van der Waals surface area contributed by atoms with Crippen LogP contribution in [0.3, 0.4) is 0 Å². The standard InChI is InChI=1S/C14H20O4/c1-14(2,13(15)16)9-10-5-7-11(8-6-10)12(17-3)18-4/h5-8,12H,9H2,1-4H3,(H,15,16). The highest BCUT2D eigenvalue weighted by molar-refractivity contribution is 5.74. The van der Waals surface area contributed by atoms with Crippen molar-refractivity contribution in [3.8, 4) is 0 Å². The van der Waals surface area contributed by atoms with Gasteiger partial charge in [-0.1, -0.05) is 24.3 Å². The van der Waals surface area contributed by atoms with Crippen molar-refractivity contribution in [1.29, 1.82) is 0 Å². The molecule has 4 nitrogen and oxygen atoms in total. The molecule has 100 valence electrons. The van der Waals surface area contributed by atoms with Crippen LogP contribution in [-0.4, -0.2) is 25.3 Å². The Morgan fingerprint density at radius 2 is 1.72 bits per heavy atom. The second-order valence-corrected chi connectivity index (χ2v) is 4.91. The molecule has 0 bridgehead atoms. The first-order valence-corrected chi connectivity index (χ1v) is 5.78. The normalized spacial score (nSPS) is 11.8. The van der Waals surface area contributed by atoms with Crippen LogP contribution in [0.2, 0.25) is 0 Å². The minimum absolute atomic E-state index is 0.383. The highest BCUT2D eigenvalue weighted by Gasteiger charge is 2.27. The van der Waals surface area contributed by atoms with Crippen molar-refractivity contribution in [2.24, 2.45) is 5.41 Å². The van der Waals surface area contributed by atoms with E-state index in [4.69, 9.17) is 14.6 Å². The van der Waals surface area contributed by atoms with Gasteiger partial charge in [-0.05, 0) is 25.8 Å². The van der Waals surface area contributed by atoms with Gasteiger partial charge in [0.05, 0.1) is 5.41 Å². The quantitative estimate of drug-likeness (QED) is 0.791. The Balaban J connectivity index is 2.80. The van der Waals surface area contributed by atoms with Crippen molar-refractivity contribution < 1.29 is 19.4 Å². The van der Waals surface area contributed by atoms with Crippen LogP contribution in [-0.2, 0) is 20.7 Å². The third kappa shape index (κ3) is 3.55. The minimum Gasteiger partial charge on any atom is -0.481 e. The van der Waals surface area contributed by atoms with Gasteiger partial charge in [-0.3, -0.25) is 4.79 Å². The maximum Gasteiger partial charge on any atom is 0.309 e. The van der Waals surface area contributed by atoms with E-state index in [1.54, 1.807) is 28.1 Å². The molecule has 0 amide bonds. The second kappa shape index (κ2) is 5.98. The molecular weight excluding hydrogens is 232 g/mol. The summed E-state index contributed by atoms with van der Waals surface area (Å²) in [6.07, 6.45) is 0.110. The lowest BCUT2D eigenvalue weighted by Gasteiger charge is -2.19. The Hall–Kier alpha value is -1.39. The number of ether oxygens (including phenoxy) is 2. The number of benzene rings is 1. The molecule has 1 N–H and O–H groups in total. The highest BCUT2D eigenvalue weighted by Crippen LogP contribution is 2.24. The smallest absolute Gasteiger partial charge is 0.309 e. The maximum atomic E-state index is 11.1. The van der Waals surface area contributed by atoms with E-state index in [2.05, 4.69) is 0 Å². The summed E-state index contributed by atoms with van der Waals surface area (Å²) in [7, 11) is 3.16. The molecule has 1 aromatic carbocycles. The van der Waals surface area contributed by atoms with Crippen molar-refractivity contribution >= 4 is 5.97 Å². The average Bonchev–Trinajstić information content (AvgIpc) is 2.32. The third-order valence-electron chi connectivity index (χ3n) is 2.91. The van der Waals surface area contributed by atoms with Crippen molar-refractivity contribution in [3.63, 3.8) is 0 Å². The largest absolute Gasteiger partial charge is 0.481 e. The summed E-state index contributed by atoms with van der Waals surface area (Å²) in [5.74, 6) is -0.793. The first kappa shape index (κ1) is 14.7. The van der Waals surface area contributed by atoms with E-state index in [1.165, 1.54) is 0 Å². The number of carbonyl (C=O) groups is 1. The molecule has 0 aliphatic heterocycles. The van der Waals surface area contributed by atoms with E-state index in [9.17, 15) is 4.79 Å². The SMILES string of the molecule is COC(OC)c1ccc(CC(C)(C)C(=O)O)cc1. The van der Waals surface area contributed by atoms with Crippen molar-refractivity contribution in [2.45, 2.75) is 26.6 Å². The van der Waals surface area contributed by atoms with Gasteiger partial charge in [-0.15, -0.1) is 0 Å². The Morgan fingerprint density at radius 1 is 1.22 bits per heavy atom. The van der Waals surface area contributed by atoms with Crippen LogP contribution in [0.4, 0.5) is 0 Å². The van der Waals surface area contributed by atoms with Gasteiger partial charge in [0.2, 0.25) is 0 Å². The molecule has 18 heavy (non-hydrogen) atoms. The molecule has 0 unspecified atom stereocenters.